The number of urea groups is 1. The minimum absolute atomic E-state index is 0.0961. The highest BCUT2D eigenvalue weighted by molar-refractivity contribution is 5.89. The van der Waals surface area contributed by atoms with Crippen LogP contribution in [0.5, 0.6) is 5.75 Å². The number of carbonyl (C=O) groups is 1. The third kappa shape index (κ3) is 2.96. The Morgan fingerprint density at radius 2 is 2.23 bits per heavy atom. The average molecular weight is 351 g/mol. The van der Waals surface area contributed by atoms with E-state index in [4.69, 9.17) is 9.72 Å². The summed E-state index contributed by atoms with van der Waals surface area (Å²) in [4.78, 5) is 23.3. The summed E-state index contributed by atoms with van der Waals surface area (Å²) in [6.07, 6.45) is 4.48. The summed E-state index contributed by atoms with van der Waals surface area (Å²) in [5, 5.41) is 2.94. The Morgan fingerprint density at radius 3 is 3.04 bits per heavy atom. The molecule has 1 saturated heterocycles. The van der Waals surface area contributed by atoms with Crippen LogP contribution in [0.4, 0.5) is 10.5 Å². The number of aromatic nitrogens is 3. The first-order chi connectivity index (χ1) is 12.7. The summed E-state index contributed by atoms with van der Waals surface area (Å²) in [5.74, 6) is 1.95. The van der Waals surface area contributed by atoms with Gasteiger partial charge in [-0.25, -0.2) is 9.78 Å². The number of hydrogen-bond donors (Lipinski definition) is 1. The number of rotatable bonds is 3. The molecular weight excluding hydrogens is 330 g/mol. The van der Waals surface area contributed by atoms with Gasteiger partial charge < -0.3 is 19.5 Å². The van der Waals surface area contributed by atoms with Crippen LogP contribution in [-0.4, -0.2) is 45.7 Å². The number of nitrogens with zero attached hydrogens (tertiary/aromatic N) is 4. The van der Waals surface area contributed by atoms with E-state index in [1.807, 2.05) is 48.5 Å². The molecule has 4 rings (SSSR count). The fourth-order valence-corrected chi connectivity index (χ4v) is 3.48. The SMILES string of the molecule is COc1cccc(NC(=O)N2CC[C@@H](c3nc4ccncc4n3C)C2)c1. The lowest BCUT2D eigenvalue weighted by Gasteiger charge is -2.17. The van der Waals surface area contributed by atoms with Gasteiger partial charge in [0.1, 0.15) is 11.6 Å². The fourth-order valence-electron chi connectivity index (χ4n) is 3.48. The van der Waals surface area contributed by atoms with Crippen molar-refractivity contribution in [3.63, 3.8) is 0 Å². The van der Waals surface area contributed by atoms with Crippen LogP contribution >= 0.6 is 0 Å². The van der Waals surface area contributed by atoms with Gasteiger partial charge >= 0.3 is 6.03 Å². The van der Waals surface area contributed by atoms with E-state index in [9.17, 15) is 4.79 Å². The smallest absolute Gasteiger partial charge is 0.321 e. The van der Waals surface area contributed by atoms with Crippen molar-refractivity contribution in [1.29, 1.82) is 0 Å². The van der Waals surface area contributed by atoms with Gasteiger partial charge in [0, 0.05) is 44.0 Å². The predicted octanol–water partition coefficient (Wildman–Crippen LogP) is 3.00. The van der Waals surface area contributed by atoms with Crippen LogP contribution in [-0.2, 0) is 7.05 Å². The second-order valence-corrected chi connectivity index (χ2v) is 6.49. The van der Waals surface area contributed by atoms with Crippen molar-refractivity contribution in [3.8, 4) is 5.75 Å². The Balaban J connectivity index is 1.47. The van der Waals surface area contributed by atoms with Gasteiger partial charge in [-0.1, -0.05) is 6.07 Å². The topological polar surface area (TPSA) is 72.3 Å². The molecule has 1 atom stereocenters. The van der Waals surface area contributed by atoms with Crippen molar-refractivity contribution in [2.24, 2.45) is 7.05 Å². The van der Waals surface area contributed by atoms with E-state index < -0.39 is 0 Å². The van der Waals surface area contributed by atoms with Gasteiger partial charge in [-0.2, -0.15) is 0 Å². The van der Waals surface area contributed by atoms with E-state index in [0.717, 1.165) is 34.7 Å². The highest BCUT2D eigenvalue weighted by Crippen LogP contribution is 2.29. The maximum absolute atomic E-state index is 12.6. The third-order valence-electron chi connectivity index (χ3n) is 4.88. The summed E-state index contributed by atoms with van der Waals surface area (Å²) in [5.41, 5.74) is 2.69. The summed E-state index contributed by atoms with van der Waals surface area (Å²) in [7, 11) is 3.61. The zero-order valence-corrected chi connectivity index (χ0v) is 14.8. The molecule has 1 aliphatic rings. The molecule has 0 aliphatic carbocycles. The predicted molar refractivity (Wildman–Crippen MR) is 99.5 cm³/mol. The largest absolute Gasteiger partial charge is 0.497 e. The Morgan fingerprint density at radius 1 is 1.35 bits per heavy atom. The Labute approximate surface area is 151 Å². The van der Waals surface area contributed by atoms with Gasteiger partial charge in [-0.15, -0.1) is 0 Å². The van der Waals surface area contributed by atoms with Gasteiger partial charge in [0.15, 0.2) is 0 Å². The van der Waals surface area contributed by atoms with E-state index >= 15 is 0 Å². The van der Waals surface area contributed by atoms with Crippen LogP contribution in [0.15, 0.2) is 42.7 Å². The summed E-state index contributed by atoms with van der Waals surface area (Å²) in [6, 6.07) is 9.19. The quantitative estimate of drug-likeness (QED) is 0.787. The third-order valence-corrected chi connectivity index (χ3v) is 4.88. The van der Waals surface area contributed by atoms with Gasteiger partial charge in [-0.3, -0.25) is 4.98 Å². The van der Waals surface area contributed by atoms with Crippen molar-refractivity contribution < 1.29 is 9.53 Å². The number of fused-ring (bicyclic) bond motifs is 1. The Hall–Kier alpha value is -3.09. The van der Waals surface area contributed by atoms with E-state index in [2.05, 4.69) is 14.9 Å². The Bertz CT molecular complexity index is 952. The van der Waals surface area contributed by atoms with E-state index in [-0.39, 0.29) is 11.9 Å². The number of methoxy groups -OCH3 is 1. The van der Waals surface area contributed by atoms with Gasteiger partial charge in [0.25, 0.3) is 0 Å². The first-order valence-electron chi connectivity index (χ1n) is 8.62. The number of amides is 2. The molecule has 0 spiro atoms. The molecule has 7 nitrogen and oxygen atoms in total. The first-order valence-corrected chi connectivity index (χ1v) is 8.62. The van der Waals surface area contributed by atoms with Crippen molar-refractivity contribution in [1.82, 2.24) is 19.4 Å². The number of likely N-dealkylation sites (tertiary alicyclic amines) is 1. The molecule has 0 unspecified atom stereocenters. The molecule has 0 radical (unpaired) electrons. The molecule has 1 aromatic carbocycles. The lowest BCUT2D eigenvalue weighted by atomic mass is 10.1. The second-order valence-electron chi connectivity index (χ2n) is 6.49. The summed E-state index contributed by atoms with van der Waals surface area (Å²) < 4.78 is 7.28. The number of imidazole rings is 1. The van der Waals surface area contributed by atoms with Crippen molar-refractivity contribution >= 4 is 22.8 Å². The normalized spacial score (nSPS) is 16.8. The lowest BCUT2D eigenvalue weighted by Crippen LogP contribution is -2.33. The van der Waals surface area contributed by atoms with Gasteiger partial charge in [0.2, 0.25) is 0 Å². The van der Waals surface area contributed by atoms with Crippen LogP contribution in [0, 0.1) is 0 Å². The number of pyridine rings is 1. The average Bonchev–Trinajstić information content (AvgIpc) is 3.27. The van der Waals surface area contributed by atoms with E-state index in [1.165, 1.54) is 0 Å². The Kier molecular flexibility index (Phi) is 4.20. The molecule has 3 heterocycles. The van der Waals surface area contributed by atoms with Crippen molar-refractivity contribution in [2.75, 3.05) is 25.5 Å². The zero-order chi connectivity index (χ0) is 18.1. The maximum Gasteiger partial charge on any atom is 0.321 e. The van der Waals surface area contributed by atoms with Crippen LogP contribution in [0.25, 0.3) is 11.0 Å². The van der Waals surface area contributed by atoms with Crippen molar-refractivity contribution in [3.05, 3.63) is 48.5 Å². The summed E-state index contributed by atoms with van der Waals surface area (Å²) in [6.45, 7) is 1.36. The molecule has 0 saturated carbocycles. The number of nitrogens with one attached hydrogen (secondary N) is 1. The number of benzene rings is 1. The second kappa shape index (κ2) is 6.67. The number of hydrogen-bond acceptors (Lipinski definition) is 4. The van der Waals surface area contributed by atoms with E-state index in [0.29, 0.717) is 13.1 Å². The summed E-state index contributed by atoms with van der Waals surface area (Å²) >= 11 is 0. The molecule has 2 aromatic heterocycles. The standard InChI is InChI=1S/C19H21N5O2/c1-23-17-11-20-8-6-16(17)22-18(23)13-7-9-24(12-13)19(25)21-14-4-3-5-15(10-14)26-2/h3-6,8,10-11,13H,7,9,12H2,1-2H3,(H,21,25)/t13-/m1/s1. The minimum atomic E-state index is -0.0961. The van der Waals surface area contributed by atoms with Crippen LogP contribution in [0.3, 0.4) is 0 Å². The molecule has 3 aromatic rings. The van der Waals surface area contributed by atoms with Crippen LogP contribution in [0.1, 0.15) is 18.2 Å². The first kappa shape index (κ1) is 16.4. The highest BCUT2D eigenvalue weighted by Gasteiger charge is 2.30. The van der Waals surface area contributed by atoms with Gasteiger partial charge in [0.05, 0.1) is 24.3 Å². The fraction of sp³-hybridized carbons (Fsp3) is 0.316. The number of anilines is 1. The molecule has 7 heteroatoms. The molecular formula is C19H21N5O2. The molecule has 0 bridgehead atoms. The van der Waals surface area contributed by atoms with Crippen LogP contribution in [0.2, 0.25) is 0 Å². The molecule has 134 valence electrons. The van der Waals surface area contributed by atoms with E-state index in [1.54, 1.807) is 13.3 Å². The number of carbonyl (C=O) groups excluding carboxylic acids is 1. The molecule has 1 fully saturated rings. The van der Waals surface area contributed by atoms with Gasteiger partial charge in [-0.05, 0) is 24.6 Å². The van der Waals surface area contributed by atoms with Crippen molar-refractivity contribution in [2.45, 2.75) is 12.3 Å². The zero-order valence-electron chi connectivity index (χ0n) is 14.8. The molecule has 1 aliphatic heterocycles. The lowest BCUT2D eigenvalue weighted by molar-refractivity contribution is 0.222. The maximum atomic E-state index is 12.6. The minimum Gasteiger partial charge on any atom is -0.497 e. The number of ether oxygens (including phenoxy) is 1. The number of aryl methyl sites for hydroxylation is 1. The highest BCUT2D eigenvalue weighted by atomic mass is 16.5. The monoisotopic (exact) mass is 351 g/mol. The molecule has 2 amide bonds. The molecule has 26 heavy (non-hydrogen) atoms. The van der Waals surface area contributed by atoms with Crippen LogP contribution < -0.4 is 10.1 Å². The molecule has 1 N–H and O–H groups in total.